The first kappa shape index (κ1) is 26.2. The van der Waals surface area contributed by atoms with E-state index in [0.29, 0.717) is 34.0 Å². The van der Waals surface area contributed by atoms with Gasteiger partial charge in [0.2, 0.25) is 11.8 Å². The van der Waals surface area contributed by atoms with Crippen LogP contribution >= 0.6 is 23.2 Å². The Labute approximate surface area is 202 Å². The average molecular weight is 493 g/mol. The number of hydrogen-bond donors (Lipinski definition) is 4. The zero-order valence-corrected chi connectivity index (χ0v) is 19.5. The third-order valence-electron chi connectivity index (χ3n) is 4.65. The van der Waals surface area contributed by atoms with Gasteiger partial charge in [0.25, 0.3) is 11.8 Å². The summed E-state index contributed by atoms with van der Waals surface area (Å²) in [6.07, 6.45) is 4.45. The Morgan fingerprint density at radius 1 is 0.515 bits per heavy atom. The van der Waals surface area contributed by atoms with E-state index < -0.39 is 11.8 Å². The third kappa shape index (κ3) is 10.4. The van der Waals surface area contributed by atoms with Gasteiger partial charge in [-0.15, -0.1) is 0 Å². The zero-order valence-electron chi connectivity index (χ0n) is 18.0. The standard InChI is InChI=1S/C23H26Cl2N4O4/c24-18-12-8-16(9-13-18)22(32)28-26-20(30)6-4-2-1-3-5-7-21(31)27-29-23(33)17-10-14-19(25)15-11-17/h8-15H,1-7H2,(H,26,30)(H,27,31)(H,28,32)(H,29,33). The summed E-state index contributed by atoms with van der Waals surface area (Å²) >= 11 is 11.5. The van der Waals surface area contributed by atoms with Crippen LogP contribution in [-0.4, -0.2) is 23.6 Å². The minimum atomic E-state index is -0.414. The fraction of sp³-hybridized carbons (Fsp3) is 0.304. The molecule has 0 aliphatic carbocycles. The Morgan fingerprint density at radius 3 is 1.21 bits per heavy atom. The molecule has 0 aromatic heterocycles. The molecule has 0 aliphatic rings. The Morgan fingerprint density at radius 2 is 0.848 bits per heavy atom. The first-order valence-electron chi connectivity index (χ1n) is 10.5. The van der Waals surface area contributed by atoms with E-state index in [2.05, 4.69) is 21.7 Å². The van der Waals surface area contributed by atoms with Gasteiger partial charge in [-0.05, 0) is 61.4 Å². The molecular formula is C23H26Cl2N4O4. The lowest BCUT2D eigenvalue weighted by Crippen LogP contribution is -2.41. The molecule has 0 spiro atoms. The number of rotatable bonds is 10. The molecule has 2 rings (SSSR count). The summed E-state index contributed by atoms with van der Waals surface area (Å²) in [6.45, 7) is 0. The Hall–Kier alpha value is -3.10. The smallest absolute Gasteiger partial charge is 0.269 e. The number of carbonyl (C=O) groups excluding carboxylic acids is 4. The Balaban J connectivity index is 1.47. The largest absolute Gasteiger partial charge is 0.273 e. The SMILES string of the molecule is O=C(CCCCCCCC(=O)NNC(=O)c1ccc(Cl)cc1)NNC(=O)c1ccc(Cl)cc1. The molecule has 2 aromatic rings. The lowest BCUT2D eigenvalue weighted by atomic mass is 10.1. The van der Waals surface area contributed by atoms with Crippen molar-refractivity contribution in [3.8, 4) is 0 Å². The summed E-state index contributed by atoms with van der Waals surface area (Å²) in [5.41, 5.74) is 10.3. The van der Waals surface area contributed by atoms with Gasteiger partial charge >= 0.3 is 0 Å². The van der Waals surface area contributed by atoms with E-state index in [1.807, 2.05) is 0 Å². The molecule has 0 aliphatic heterocycles. The monoisotopic (exact) mass is 492 g/mol. The summed E-state index contributed by atoms with van der Waals surface area (Å²) in [6, 6.07) is 12.7. The molecule has 2 aromatic carbocycles. The van der Waals surface area contributed by atoms with Crippen molar-refractivity contribution in [3.63, 3.8) is 0 Å². The van der Waals surface area contributed by atoms with E-state index in [4.69, 9.17) is 23.2 Å². The van der Waals surface area contributed by atoms with Gasteiger partial charge in [-0.3, -0.25) is 40.9 Å². The molecule has 0 atom stereocenters. The summed E-state index contributed by atoms with van der Waals surface area (Å²) in [7, 11) is 0. The zero-order chi connectivity index (χ0) is 24.1. The number of hydrogen-bond acceptors (Lipinski definition) is 4. The topological polar surface area (TPSA) is 116 Å². The second kappa shape index (κ2) is 14.1. The van der Waals surface area contributed by atoms with Crippen molar-refractivity contribution in [3.05, 3.63) is 69.7 Å². The van der Waals surface area contributed by atoms with Gasteiger partial charge in [0.1, 0.15) is 0 Å². The van der Waals surface area contributed by atoms with Crippen molar-refractivity contribution < 1.29 is 19.2 Å². The molecule has 0 saturated heterocycles. The molecule has 0 heterocycles. The molecule has 176 valence electrons. The molecule has 8 nitrogen and oxygen atoms in total. The maximum atomic E-state index is 11.9. The van der Waals surface area contributed by atoms with Crippen LogP contribution in [0.15, 0.2) is 48.5 Å². The van der Waals surface area contributed by atoms with Crippen LogP contribution in [-0.2, 0) is 9.59 Å². The lowest BCUT2D eigenvalue weighted by Gasteiger charge is -2.08. The van der Waals surface area contributed by atoms with Crippen molar-refractivity contribution in [2.45, 2.75) is 44.9 Å². The predicted molar refractivity (Wildman–Crippen MR) is 126 cm³/mol. The lowest BCUT2D eigenvalue weighted by molar-refractivity contribution is -0.122. The molecular weight excluding hydrogens is 467 g/mol. The van der Waals surface area contributed by atoms with Gasteiger partial charge < -0.3 is 0 Å². The quantitative estimate of drug-likeness (QED) is 0.296. The highest BCUT2D eigenvalue weighted by molar-refractivity contribution is 6.31. The van der Waals surface area contributed by atoms with Gasteiger partial charge in [-0.25, -0.2) is 0 Å². The van der Waals surface area contributed by atoms with Gasteiger partial charge in [-0.1, -0.05) is 42.5 Å². The van der Waals surface area contributed by atoms with Gasteiger partial charge in [0, 0.05) is 34.0 Å². The van der Waals surface area contributed by atoms with Crippen LogP contribution in [0.5, 0.6) is 0 Å². The van der Waals surface area contributed by atoms with Crippen LogP contribution in [0, 0.1) is 0 Å². The third-order valence-corrected chi connectivity index (χ3v) is 5.16. The molecule has 4 N–H and O–H groups in total. The minimum Gasteiger partial charge on any atom is -0.273 e. The number of carbonyl (C=O) groups is 4. The summed E-state index contributed by atoms with van der Waals surface area (Å²) in [4.78, 5) is 47.4. The van der Waals surface area contributed by atoms with Crippen LogP contribution in [0.4, 0.5) is 0 Å². The molecule has 0 fully saturated rings. The summed E-state index contributed by atoms with van der Waals surface area (Å²) < 4.78 is 0. The summed E-state index contributed by atoms with van der Waals surface area (Å²) in [5, 5.41) is 1.05. The van der Waals surface area contributed by atoms with Crippen molar-refractivity contribution in [1.29, 1.82) is 0 Å². The van der Waals surface area contributed by atoms with Crippen LogP contribution in [0.3, 0.4) is 0 Å². The van der Waals surface area contributed by atoms with Gasteiger partial charge in [-0.2, -0.15) is 0 Å². The fourth-order valence-corrected chi connectivity index (χ4v) is 3.08. The second-order valence-corrected chi connectivity index (χ2v) is 8.16. The Kier molecular flexibility index (Phi) is 11.2. The van der Waals surface area contributed by atoms with Gasteiger partial charge in [0.05, 0.1) is 0 Å². The number of hydrazine groups is 2. The molecule has 0 bridgehead atoms. The van der Waals surface area contributed by atoms with Crippen LogP contribution in [0.25, 0.3) is 0 Å². The molecule has 0 saturated carbocycles. The minimum absolute atomic E-state index is 0.270. The van der Waals surface area contributed by atoms with Crippen molar-refractivity contribution in [2.75, 3.05) is 0 Å². The van der Waals surface area contributed by atoms with E-state index in [0.717, 1.165) is 19.3 Å². The van der Waals surface area contributed by atoms with E-state index in [-0.39, 0.29) is 24.7 Å². The maximum absolute atomic E-state index is 11.9. The van der Waals surface area contributed by atoms with Crippen LogP contribution in [0.1, 0.15) is 65.7 Å². The molecule has 4 amide bonds. The molecule has 0 radical (unpaired) electrons. The van der Waals surface area contributed by atoms with Crippen molar-refractivity contribution in [2.24, 2.45) is 0 Å². The normalized spacial score (nSPS) is 10.2. The molecule has 0 unspecified atom stereocenters. The number of halogens is 2. The highest BCUT2D eigenvalue weighted by Gasteiger charge is 2.08. The first-order chi connectivity index (χ1) is 15.8. The van der Waals surface area contributed by atoms with Crippen molar-refractivity contribution in [1.82, 2.24) is 21.7 Å². The Bertz CT molecular complexity index is 872. The maximum Gasteiger partial charge on any atom is 0.269 e. The van der Waals surface area contributed by atoms with E-state index >= 15 is 0 Å². The highest BCUT2D eigenvalue weighted by atomic mass is 35.5. The number of amides is 4. The predicted octanol–water partition coefficient (Wildman–Crippen LogP) is 3.95. The number of unbranched alkanes of at least 4 members (excludes halogenated alkanes) is 4. The second-order valence-electron chi connectivity index (χ2n) is 7.29. The van der Waals surface area contributed by atoms with Crippen molar-refractivity contribution >= 4 is 46.8 Å². The highest BCUT2D eigenvalue weighted by Crippen LogP contribution is 2.10. The number of benzene rings is 2. The van der Waals surface area contributed by atoms with E-state index in [9.17, 15) is 19.2 Å². The number of nitrogens with one attached hydrogen (secondary N) is 4. The van der Waals surface area contributed by atoms with Gasteiger partial charge in [0.15, 0.2) is 0 Å². The van der Waals surface area contributed by atoms with Crippen LogP contribution < -0.4 is 21.7 Å². The summed E-state index contributed by atoms with van der Waals surface area (Å²) in [5.74, 6) is -1.37. The molecule has 33 heavy (non-hydrogen) atoms. The van der Waals surface area contributed by atoms with E-state index in [1.54, 1.807) is 48.5 Å². The average Bonchev–Trinajstić information content (AvgIpc) is 2.81. The fourth-order valence-electron chi connectivity index (χ4n) is 2.83. The molecule has 10 heteroatoms. The first-order valence-corrected chi connectivity index (χ1v) is 11.3. The van der Waals surface area contributed by atoms with Crippen LogP contribution in [0.2, 0.25) is 10.0 Å². The van der Waals surface area contributed by atoms with E-state index in [1.165, 1.54) is 0 Å².